The Hall–Kier alpha value is -2.63. The first-order valence-electron chi connectivity index (χ1n) is 7.52. The van der Waals surface area contributed by atoms with Crippen molar-refractivity contribution in [1.29, 1.82) is 0 Å². The van der Waals surface area contributed by atoms with Crippen molar-refractivity contribution >= 4 is 33.9 Å². The van der Waals surface area contributed by atoms with Crippen LogP contribution in [0, 0.1) is 6.92 Å². The summed E-state index contributed by atoms with van der Waals surface area (Å²) >= 11 is 7.38. The fourth-order valence-corrected chi connectivity index (χ4v) is 3.70. The maximum atomic E-state index is 12.3. The number of nitrogens with zero attached hydrogens (tertiary/aromatic N) is 1. The summed E-state index contributed by atoms with van der Waals surface area (Å²) in [5, 5.41) is 11.5. The Morgan fingerprint density at radius 2 is 1.88 bits per heavy atom. The molecule has 0 saturated carbocycles. The number of aromatic hydroxyl groups is 1. The van der Waals surface area contributed by atoms with Gasteiger partial charge in [-0.2, -0.15) is 0 Å². The zero-order valence-corrected chi connectivity index (χ0v) is 14.7. The van der Waals surface area contributed by atoms with Gasteiger partial charge in [-0.25, -0.2) is 9.78 Å². The minimum Gasteiger partial charge on any atom is -0.508 e. The Kier molecular flexibility index (Phi) is 3.82. The molecule has 0 radical (unpaired) electrons. The molecule has 0 atom stereocenters. The monoisotopic (exact) mass is 369 g/mol. The van der Waals surface area contributed by atoms with E-state index in [9.17, 15) is 9.90 Å². The van der Waals surface area contributed by atoms with E-state index < -0.39 is 5.63 Å². The van der Waals surface area contributed by atoms with E-state index in [-0.39, 0.29) is 5.75 Å². The van der Waals surface area contributed by atoms with Gasteiger partial charge in [-0.3, -0.25) is 0 Å². The molecule has 0 spiro atoms. The zero-order chi connectivity index (χ0) is 17.6. The normalized spacial score (nSPS) is 11.1. The topological polar surface area (TPSA) is 63.3 Å². The lowest BCUT2D eigenvalue weighted by atomic mass is 10.1. The summed E-state index contributed by atoms with van der Waals surface area (Å²) in [6, 6.07) is 13.9. The molecule has 0 aliphatic carbocycles. The number of benzene rings is 2. The molecule has 25 heavy (non-hydrogen) atoms. The summed E-state index contributed by atoms with van der Waals surface area (Å²) < 4.78 is 5.33. The van der Waals surface area contributed by atoms with E-state index in [1.54, 1.807) is 18.2 Å². The van der Waals surface area contributed by atoms with E-state index in [1.165, 1.54) is 17.4 Å². The third-order valence-corrected chi connectivity index (χ3v) is 5.12. The highest BCUT2D eigenvalue weighted by molar-refractivity contribution is 7.15. The SMILES string of the molecule is Cc1sc(-c2cc3ccc(O)cc3oc2=O)nc1-c1ccc(Cl)cc1. The molecule has 6 heteroatoms. The number of rotatable bonds is 2. The number of phenolic OH excluding ortho intramolecular Hbond substituents is 1. The van der Waals surface area contributed by atoms with Crippen LogP contribution in [-0.4, -0.2) is 10.1 Å². The number of aromatic nitrogens is 1. The fraction of sp³-hybridized carbons (Fsp3) is 0.0526. The number of phenols is 1. The van der Waals surface area contributed by atoms with Gasteiger partial charge >= 0.3 is 5.63 Å². The summed E-state index contributed by atoms with van der Waals surface area (Å²) in [5.74, 6) is 0.0542. The number of thiazole rings is 1. The summed E-state index contributed by atoms with van der Waals surface area (Å²) in [4.78, 5) is 18.0. The van der Waals surface area contributed by atoms with Gasteiger partial charge in [0, 0.05) is 26.9 Å². The fourth-order valence-electron chi connectivity index (χ4n) is 2.64. The van der Waals surface area contributed by atoms with Crippen LogP contribution in [0.25, 0.3) is 32.8 Å². The van der Waals surface area contributed by atoms with Crippen molar-refractivity contribution in [2.45, 2.75) is 6.92 Å². The van der Waals surface area contributed by atoms with Crippen LogP contribution in [0.1, 0.15) is 4.88 Å². The molecule has 2 heterocycles. The highest BCUT2D eigenvalue weighted by Crippen LogP contribution is 2.33. The highest BCUT2D eigenvalue weighted by Gasteiger charge is 2.16. The molecule has 4 nitrogen and oxygen atoms in total. The molecule has 4 aromatic rings. The second-order valence-electron chi connectivity index (χ2n) is 5.60. The molecular formula is C19H12ClNO3S. The molecule has 0 aliphatic heterocycles. The third kappa shape index (κ3) is 2.92. The second kappa shape index (κ2) is 6.02. The van der Waals surface area contributed by atoms with Gasteiger partial charge in [-0.1, -0.05) is 23.7 Å². The van der Waals surface area contributed by atoms with Crippen molar-refractivity contribution in [2.24, 2.45) is 0 Å². The van der Waals surface area contributed by atoms with Gasteiger partial charge in [0.2, 0.25) is 0 Å². The summed E-state index contributed by atoms with van der Waals surface area (Å²) in [6.45, 7) is 1.96. The van der Waals surface area contributed by atoms with E-state index in [4.69, 9.17) is 16.0 Å². The van der Waals surface area contributed by atoms with E-state index in [0.717, 1.165) is 21.5 Å². The average Bonchev–Trinajstić information content (AvgIpc) is 2.96. The van der Waals surface area contributed by atoms with Gasteiger partial charge in [0.05, 0.1) is 11.3 Å². The minimum absolute atomic E-state index is 0.0542. The van der Waals surface area contributed by atoms with Gasteiger partial charge in [-0.15, -0.1) is 11.3 Å². The predicted octanol–water partition coefficient (Wildman–Crippen LogP) is 5.25. The van der Waals surface area contributed by atoms with E-state index in [2.05, 4.69) is 4.98 Å². The lowest BCUT2D eigenvalue weighted by Gasteiger charge is -2.00. The molecule has 4 rings (SSSR count). The number of aryl methyl sites for hydroxylation is 1. The largest absolute Gasteiger partial charge is 0.508 e. The standard InChI is InChI=1S/C19H12ClNO3S/c1-10-17(11-2-5-13(20)6-3-11)21-18(25-10)15-8-12-4-7-14(22)9-16(12)24-19(15)23/h2-9,22H,1H3. The minimum atomic E-state index is -0.477. The van der Waals surface area contributed by atoms with Crippen molar-refractivity contribution < 1.29 is 9.52 Å². The molecule has 124 valence electrons. The summed E-state index contributed by atoms with van der Waals surface area (Å²) in [6.07, 6.45) is 0. The van der Waals surface area contributed by atoms with Crippen LogP contribution in [0.5, 0.6) is 5.75 Å². The third-order valence-electron chi connectivity index (χ3n) is 3.86. The molecule has 1 N–H and O–H groups in total. The maximum Gasteiger partial charge on any atom is 0.346 e. The molecule has 2 aromatic carbocycles. The summed E-state index contributed by atoms with van der Waals surface area (Å²) in [5.41, 5.74) is 2.04. The smallest absolute Gasteiger partial charge is 0.346 e. The quantitative estimate of drug-likeness (QED) is 0.490. The molecule has 0 fully saturated rings. The molecule has 0 bridgehead atoms. The van der Waals surface area contributed by atoms with E-state index in [1.807, 2.05) is 31.2 Å². The average molecular weight is 370 g/mol. The number of halogens is 1. The lowest BCUT2D eigenvalue weighted by molar-refractivity contribution is 0.473. The van der Waals surface area contributed by atoms with Crippen molar-refractivity contribution in [2.75, 3.05) is 0 Å². The second-order valence-corrected chi connectivity index (χ2v) is 7.24. The van der Waals surface area contributed by atoms with E-state index in [0.29, 0.717) is 21.2 Å². The van der Waals surface area contributed by atoms with E-state index >= 15 is 0 Å². The first-order valence-corrected chi connectivity index (χ1v) is 8.71. The van der Waals surface area contributed by atoms with Crippen molar-refractivity contribution in [3.8, 4) is 27.6 Å². The number of hydrogen-bond acceptors (Lipinski definition) is 5. The van der Waals surface area contributed by atoms with Gasteiger partial charge in [0.1, 0.15) is 16.3 Å². The van der Waals surface area contributed by atoms with Gasteiger partial charge in [-0.05, 0) is 37.3 Å². The Morgan fingerprint density at radius 3 is 2.64 bits per heavy atom. The van der Waals surface area contributed by atoms with Crippen LogP contribution in [0.2, 0.25) is 5.02 Å². The Morgan fingerprint density at radius 1 is 1.12 bits per heavy atom. The number of fused-ring (bicyclic) bond motifs is 1. The molecule has 0 unspecified atom stereocenters. The first-order chi connectivity index (χ1) is 12.0. The van der Waals surface area contributed by atoms with Crippen LogP contribution in [-0.2, 0) is 0 Å². The Labute approximate surface area is 152 Å². The predicted molar refractivity (Wildman–Crippen MR) is 100 cm³/mol. The van der Waals surface area contributed by atoms with Crippen molar-refractivity contribution in [1.82, 2.24) is 4.98 Å². The number of hydrogen-bond donors (Lipinski definition) is 1. The van der Waals surface area contributed by atoms with Crippen molar-refractivity contribution in [3.63, 3.8) is 0 Å². The highest BCUT2D eigenvalue weighted by atomic mass is 35.5. The molecule has 2 aromatic heterocycles. The van der Waals surface area contributed by atoms with Gasteiger partial charge in [0.25, 0.3) is 0 Å². The van der Waals surface area contributed by atoms with Crippen LogP contribution in [0.15, 0.2) is 57.7 Å². The zero-order valence-electron chi connectivity index (χ0n) is 13.1. The first kappa shape index (κ1) is 15.9. The lowest BCUT2D eigenvalue weighted by Crippen LogP contribution is -2.02. The van der Waals surface area contributed by atoms with Crippen LogP contribution >= 0.6 is 22.9 Å². The Balaban J connectivity index is 1.85. The molecule has 0 amide bonds. The van der Waals surface area contributed by atoms with Crippen LogP contribution < -0.4 is 5.63 Å². The summed E-state index contributed by atoms with van der Waals surface area (Å²) in [7, 11) is 0. The molecule has 0 aliphatic rings. The molecular weight excluding hydrogens is 358 g/mol. The van der Waals surface area contributed by atoms with Crippen LogP contribution in [0.3, 0.4) is 0 Å². The molecule has 0 saturated heterocycles. The van der Waals surface area contributed by atoms with Crippen molar-refractivity contribution in [3.05, 3.63) is 68.9 Å². The maximum absolute atomic E-state index is 12.3. The van der Waals surface area contributed by atoms with Gasteiger partial charge in [0.15, 0.2) is 0 Å². The Bertz CT molecular complexity index is 1150. The van der Waals surface area contributed by atoms with Crippen LogP contribution in [0.4, 0.5) is 0 Å². The van der Waals surface area contributed by atoms with Gasteiger partial charge < -0.3 is 9.52 Å².